The van der Waals surface area contributed by atoms with Crippen LogP contribution in [0.1, 0.15) is 31.4 Å². The first-order valence-electron chi connectivity index (χ1n) is 8.64. The van der Waals surface area contributed by atoms with Crippen LogP contribution in [0.25, 0.3) is 10.9 Å². The molecule has 0 radical (unpaired) electrons. The zero-order chi connectivity index (χ0) is 17.8. The van der Waals surface area contributed by atoms with Crippen LogP contribution in [0.3, 0.4) is 0 Å². The molecule has 0 aliphatic carbocycles. The fourth-order valence-corrected chi connectivity index (χ4v) is 3.30. The Labute approximate surface area is 153 Å². The van der Waals surface area contributed by atoms with Gasteiger partial charge in [-0.1, -0.05) is 48.0 Å². The summed E-state index contributed by atoms with van der Waals surface area (Å²) in [6, 6.07) is 16.4. The van der Waals surface area contributed by atoms with Crippen LogP contribution in [-0.4, -0.2) is 16.5 Å². The molecule has 0 saturated carbocycles. The second kappa shape index (κ2) is 7.75. The summed E-state index contributed by atoms with van der Waals surface area (Å²) in [4.78, 5) is 12.0. The van der Waals surface area contributed by atoms with E-state index in [-0.39, 0.29) is 11.9 Å². The number of hydrogen-bond donors (Lipinski definition) is 1. The molecule has 130 valence electrons. The number of nitrogens with one attached hydrogen (secondary N) is 1. The molecule has 3 rings (SSSR count). The molecule has 1 N–H and O–H groups in total. The van der Waals surface area contributed by atoms with Crippen molar-refractivity contribution in [3.05, 3.63) is 70.9 Å². The number of aromatic nitrogens is 1. The van der Waals surface area contributed by atoms with Crippen molar-refractivity contribution < 1.29 is 4.79 Å². The highest BCUT2D eigenvalue weighted by molar-refractivity contribution is 6.31. The Balaban J connectivity index is 1.85. The molecule has 3 aromatic rings. The second-order valence-corrected chi connectivity index (χ2v) is 7.02. The lowest BCUT2D eigenvalue weighted by Gasteiger charge is -2.07. The van der Waals surface area contributed by atoms with E-state index in [2.05, 4.69) is 28.2 Å². The number of benzene rings is 2. The predicted octanol–water partition coefficient (Wildman–Crippen LogP) is 4.80. The lowest BCUT2D eigenvalue weighted by Crippen LogP contribution is -2.30. The van der Waals surface area contributed by atoms with Crippen LogP contribution in [0, 0.1) is 0 Å². The topological polar surface area (TPSA) is 34.0 Å². The van der Waals surface area contributed by atoms with Gasteiger partial charge >= 0.3 is 0 Å². The third kappa shape index (κ3) is 4.23. The van der Waals surface area contributed by atoms with Crippen LogP contribution in [0.4, 0.5) is 0 Å². The lowest BCUT2D eigenvalue weighted by atomic mass is 10.1. The average Bonchev–Trinajstić information content (AvgIpc) is 2.93. The number of fused-ring (bicyclic) bond motifs is 1. The Kier molecular flexibility index (Phi) is 5.44. The summed E-state index contributed by atoms with van der Waals surface area (Å²) < 4.78 is 2.21. The number of nitrogens with zero attached hydrogens (tertiary/aromatic N) is 1. The molecule has 0 aliphatic rings. The molecule has 0 spiro atoms. The van der Waals surface area contributed by atoms with E-state index in [4.69, 9.17) is 11.6 Å². The van der Waals surface area contributed by atoms with Crippen molar-refractivity contribution in [2.24, 2.45) is 0 Å². The van der Waals surface area contributed by atoms with Gasteiger partial charge in [0, 0.05) is 41.1 Å². The minimum atomic E-state index is 0.0953. The summed E-state index contributed by atoms with van der Waals surface area (Å²) in [7, 11) is 0. The maximum atomic E-state index is 12.0. The lowest BCUT2D eigenvalue weighted by molar-refractivity contribution is -0.121. The second-order valence-electron chi connectivity index (χ2n) is 6.61. The standard InChI is InChI=1S/C21H23ClN2O/c1-15(2)23-21(25)12-11-16-13-24(20-10-6-4-8-18(16)20)14-17-7-3-5-9-19(17)22/h3-10,13,15H,11-12,14H2,1-2H3,(H,23,25). The molecule has 1 heterocycles. The van der Waals surface area contributed by atoms with Crippen molar-refractivity contribution >= 4 is 28.4 Å². The third-order valence-corrected chi connectivity index (χ3v) is 4.61. The van der Waals surface area contributed by atoms with Crippen LogP contribution in [0.15, 0.2) is 54.7 Å². The fraction of sp³-hybridized carbons (Fsp3) is 0.286. The Morgan fingerprint density at radius 2 is 1.80 bits per heavy atom. The van der Waals surface area contributed by atoms with Crippen LogP contribution in [0.5, 0.6) is 0 Å². The molecule has 1 aromatic heterocycles. The molecule has 3 nitrogen and oxygen atoms in total. The molecule has 0 atom stereocenters. The first-order valence-corrected chi connectivity index (χ1v) is 9.02. The number of carbonyl (C=O) groups is 1. The monoisotopic (exact) mass is 354 g/mol. The zero-order valence-electron chi connectivity index (χ0n) is 14.6. The molecule has 0 fully saturated rings. The number of amides is 1. The molecule has 2 aromatic carbocycles. The van der Waals surface area contributed by atoms with Gasteiger partial charge in [-0.15, -0.1) is 0 Å². The minimum absolute atomic E-state index is 0.0953. The normalized spacial score (nSPS) is 11.2. The fourth-order valence-electron chi connectivity index (χ4n) is 3.11. The summed E-state index contributed by atoms with van der Waals surface area (Å²) in [5.41, 5.74) is 3.46. The molecule has 1 amide bonds. The van der Waals surface area contributed by atoms with Gasteiger partial charge in [-0.05, 0) is 43.5 Å². The van der Waals surface area contributed by atoms with Crippen molar-refractivity contribution in [3.63, 3.8) is 0 Å². The number of aryl methyl sites for hydroxylation is 1. The highest BCUT2D eigenvalue weighted by Gasteiger charge is 2.11. The maximum absolute atomic E-state index is 12.0. The van der Waals surface area contributed by atoms with Gasteiger partial charge in [-0.3, -0.25) is 4.79 Å². The minimum Gasteiger partial charge on any atom is -0.354 e. The quantitative estimate of drug-likeness (QED) is 0.677. The number of para-hydroxylation sites is 1. The molecule has 0 aliphatic heterocycles. The van der Waals surface area contributed by atoms with Gasteiger partial charge in [0.2, 0.25) is 5.91 Å². The van der Waals surface area contributed by atoms with E-state index in [1.165, 1.54) is 16.5 Å². The van der Waals surface area contributed by atoms with Gasteiger partial charge in [-0.25, -0.2) is 0 Å². The average molecular weight is 355 g/mol. The summed E-state index contributed by atoms with van der Waals surface area (Å²) in [6.07, 6.45) is 3.38. The van der Waals surface area contributed by atoms with Gasteiger partial charge < -0.3 is 9.88 Å². The van der Waals surface area contributed by atoms with Gasteiger partial charge in [0.05, 0.1) is 0 Å². The smallest absolute Gasteiger partial charge is 0.220 e. The summed E-state index contributed by atoms with van der Waals surface area (Å²) in [5.74, 6) is 0.0953. The van der Waals surface area contributed by atoms with E-state index in [0.717, 1.165) is 23.6 Å². The zero-order valence-corrected chi connectivity index (χ0v) is 15.4. The molecule has 4 heteroatoms. The first-order chi connectivity index (χ1) is 12.0. The molecule has 0 saturated heterocycles. The van der Waals surface area contributed by atoms with E-state index in [1.807, 2.05) is 50.2 Å². The maximum Gasteiger partial charge on any atom is 0.220 e. The number of rotatable bonds is 6. The van der Waals surface area contributed by atoms with Crippen LogP contribution < -0.4 is 5.32 Å². The van der Waals surface area contributed by atoms with E-state index in [1.54, 1.807) is 0 Å². The van der Waals surface area contributed by atoms with Crippen LogP contribution in [-0.2, 0) is 17.8 Å². The molecule has 0 bridgehead atoms. The van der Waals surface area contributed by atoms with Crippen LogP contribution in [0.2, 0.25) is 5.02 Å². The van der Waals surface area contributed by atoms with Crippen molar-refractivity contribution in [3.8, 4) is 0 Å². The van der Waals surface area contributed by atoms with E-state index >= 15 is 0 Å². The van der Waals surface area contributed by atoms with Gasteiger partial charge in [0.1, 0.15) is 0 Å². The van der Waals surface area contributed by atoms with Crippen molar-refractivity contribution in [1.82, 2.24) is 9.88 Å². The highest BCUT2D eigenvalue weighted by atomic mass is 35.5. The van der Waals surface area contributed by atoms with Gasteiger partial charge in [-0.2, -0.15) is 0 Å². The van der Waals surface area contributed by atoms with E-state index in [9.17, 15) is 4.79 Å². The molecule has 0 unspecified atom stereocenters. The highest BCUT2D eigenvalue weighted by Crippen LogP contribution is 2.25. The third-order valence-electron chi connectivity index (χ3n) is 4.24. The predicted molar refractivity (Wildman–Crippen MR) is 104 cm³/mol. The largest absolute Gasteiger partial charge is 0.354 e. The van der Waals surface area contributed by atoms with Crippen molar-refractivity contribution in [2.75, 3.05) is 0 Å². The molecule has 25 heavy (non-hydrogen) atoms. The summed E-state index contributed by atoms with van der Waals surface area (Å²) >= 11 is 6.32. The van der Waals surface area contributed by atoms with Gasteiger partial charge in [0.15, 0.2) is 0 Å². The Morgan fingerprint density at radius 3 is 2.56 bits per heavy atom. The number of carbonyl (C=O) groups excluding carboxylic acids is 1. The SMILES string of the molecule is CC(C)NC(=O)CCc1cn(Cc2ccccc2Cl)c2ccccc12. The van der Waals surface area contributed by atoms with Gasteiger partial charge in [0.25, 0.3) is 0 Å². The van der Waals surface area contributed by atoms with E-state index in [0.29, 0.717) is 6.42 Å². The molecular weight excluding hydrogens is 332 g/mol. The summed E-state index contributed by atoms with van der Waals surface area (Å²) in [5, 5.41) is 4.93. The Bertz CT molecular complexity index is 882. The number of halogens is 1. The van der Waals surface area contributed by atoms with Crippen LogP contribution >= 0.6 is 11.6 Å². The number of hydrogen-bond acceptors (Lipinski definition) is 1. The van der Waals surface area contributed by atoms with E-state index < -0.39 is 0 Å². The summed E-state index contributed by atoms with van der Waals surface area (Å²) in [6.45, 7) is 4.68. The Morgan fingerprint density at radius 1 is 1.08 bits per heavy atom. The molecular formula is C21H23ClN2O. The van der Waals surface area contributed by atoms with Crippen molar-refractivity contribution in [2.45, 2.75) is 39.3 Å². The Hall–Kier alpha value is -2.26. The van der Waals surface area contributed by atoms with Crippen molar-refractivity contribution in [1.29, 1.82) is 0 Å². The first kappa shape index (κ1) is 17.6.